The van der Waals surface area contributed by atoms with E-state index in [9.17, 15) is 18.0 Å². The van der Waals surface area contributed by atoms with Gasteiger partial charge in [0.05, 0.1) is 21.5 Å². The van der Waals surface area contributed by atoms with Crippen molar-refractivity contribution in [2.45, 2.75) is 52.7 Å². The van der Waals surface area contributed by atoms with Crippen LogP contribution in [0.4, 0.5) is 5.69 Å². The number of sulfonamides is 1. The third-order valence-corrected chi connectivity index (χ3v) is 8.78. The SMILES string of the molecule is CCC(C)NC(=O)C(C)N(Cc1ccc(Cl)c(Cl)c1)C(=O)CN(c1ccc2c(c1)OCCO2)S(=O)(=O)CC. The molecule has 2 atom stereocenters. The van der Waals surface area contributed by atoms with Gasteiger partial charge >= 0.3 is 0 Å². The fourth-order valence-corrected chi connectivity index (χ4v) is 5.16. The molecule has 1 N–H and O–H groups in total. The first kappa shape index (κ1) is 29.9. The molecule has 3 rings (SSSR count). The van der Waals surface area contributed by atoms with Gasteiger partial charge in [-0.3, -0.25) is 13.9 Å². The molecule has 2 unspecified atom stereocenters. The van der Waals surface area contributed by atoms with Gasteiger partial charge in [-0.15, -0.1) is 0 Å². The smallest absolute Gasteiger partial charge is 0.244 e. The standard InChI is InChI=1S/C26H33Cl2N3O6S/c1-5-17(3)29-26(33)18(4)30(15-19-7-9-21(27)22(28)13-19)25(32)16-31(38(34,35)6-2)20-8-10-23-24(14-20)37-12-11-36-23/h7-10,13-14,17-18H,5-6,11-12,15-16H2,1-4H3,(H,29,33). The van der Waals surface area contributed by atoms with Crippen LogP contribution in [0.5, 0.6) is 11.5 Å². The zero-order valence-corrected chi connectivity index (χ0v) is 24.2. The molecule has 0 aliphatic carbocycles. The summed E-state index contributed by atoms with van der Waals surface area (Å²) in [5.74, 6) is -0.249. The number of benzene rings is 2. The molecule has 1 aliphatic rings. The number of halogens is 2. The highest BCUT2D eigenvalue weighted by Crippen LogP contribution is 2.35. The molecule has 0 saturated carbocycles. The molecule has 2 aromatic carbocycles. The molecule has 208 valence electrons. The zero-order chi connectivity index (χ0) is 28.0. The molecule has 0 saturated heterocycles. The van der Waals surface area contributed by atoms with Gasteiger partial charge in [-0.2, -0.15) is 0 Å². The minimum atomic E-state index is -3.87. The number of fused-ring (bicyclic) bond motifs is 1. The van der Waals surface area contributed by atoms with E-state index in [0.29, 0.717) is 46.7 Å². The Kier molecular flexibility index (Phi) is 10.1. The van der Waals surface area contributed by atoms with E-state index >= 15 is 0 Å². The highest BCUT2D eigenvalue weighted by molar-refractivity contribution is 7.92. The molecule has 0 fully saturated rings. The molecule has 12 heteroatoms. The predicted molar refractivity (Wildman–Crippen MR) is 149 cm³/mol. The van der Waals surface area contributed by atoms with Crippen LogP contribution in [0, 0.1) is 0 Å². The molecule has 38 heavy (non-hydrogen) atoms. The fraction of sp³-hybridized carbons (Fsp3) is 0.462. The number of hydrogen-bond donors (Lipinski definition) is 1. The number of ether oxygens (including phenoxy) is 2. The summed E-state index contributed by atoms with van der Waals surface area (Å²) in [6, 6.07) is 8.66. The van der Waals surface area contributed by atoms with E-state index in [2.05, 4.69) is 5.32 Å². The maximum absolute atomic E-state index is 13.8. The largest absolute Gasteiger partial charge is 0.486 e. The second-order valence-electron chi connectivity index (χ2n) is 9.00. The number of rotatable bonds is 11. The molecule has 0 bridgehead atoms. The lowest BCUT2D eigenvalue weighted by Crippen LogP contribution is -2.52. The van der Waals surface area contributed by atoms with Crippen molar-refractivity contribution in [3.8, 4) is 11.5 Å². The van der Waals surface area contributed by atoms with Crippen LogP contribution in [0.2, 0.25) is 10.0 Å². The van der Waals surface area contributed by atoms with Gasteiger partial charge in [0, 0.05) is 18.7 Å². The van der Waals surface area contributed by atoms with Gasteiger partial charge in [0.2, 0.25) is 21.8 Å². The van der Waals surface area contributed by atoms with Gasteiger partial charge in [-0.05, 0) is 57.0 Å². The molecule has 1 heterocycles. The third kappa shape index (κ3) is 7.24. The molecule has 2 amide bonds. The van der Waals surface area contributed by atoms with Crippen LogP contribution < -0.4 is 19.1 Å². The number of nitrogens with zero attached hydrogens (tertiary/aromatic N) is 2. The quantitative estimate of drug-likeness (QED) is 0.422. The van der Waals surface area contributed by atoms with Crippen LogP contribution in [-0.4, -0.2) is 62.7 Å². The van der Waals surface area contributed by atoms with Crippen LogP contribution in [0.15, 0.2) is 36.4 Å². The molecular formula is C26H33Cl2N3O6S. The minimum absolute atomic E-state index is 0.0198. The summed E-state index contributed by atoms with van der Waals surface area (Å²) in [6.45, 7) is 7.14. The van der Waals surface area contributed by atoms with E-state index in [4.69, 9.17) is 32.7 Å². The Morgan fingerprint density at radius 2 is 1.68 bits per heavy atom. The van der Waals surface area contributed by atoms with Crippen LogP contribution in [0.1, 0.15) is 39.7 Å². The van der Waals surface area contributed by atoms with Crippen molar-refractivity contribution in [2.75, 3.05) is 29.8 Å². The van der Waals surface area contributed by atoms with Crippen LogP contribution >= 0.6 is 23.2 Å². The summed E-state index contributed by atoms with van der Waals surface area (Å²) in [5, 5.41) is 3.55. The van der Waals surface area contributed by atoms with E-state index in [-0.39, 0.29) is 29.9 Å². The molecule has 9 nitrogen and oxygen atoms in total. The summed E-state index contributed by atoms with van der Waals surface area (Å²) in [5.41, 5.74) is 0.899. The van der Waals surface area contributed by atoms with Crippen LogP contribution in [0.25, 0.3) is 0 Å². The monoisotopic (exact) mass is 585 g/mol. The third-order valence-electron chi connectivity index (χ3n) is 6.30. The summed E-state index contributed by atoms with van der Waals surface area (Å²) in [7, 11) is -3.87. The number of nitrogens with one attached hydrogen (secondary N) is 1. The number of anilines is 1. The fourth-order valence-electron chi connectivity index (χ4n) is 3.79. The minimum Gasteiger partial charge on any atom is -0.486 e. The Labute approximate surface area is 234 Å². The summed E-state index contributed by atoms with van der Waals surface area (Å²) in [4.78, 5) is 28.1. The Bertz CT molecular complexity index is 1270. The van der Waals surface area contributed by atoms with E-state index in [1.807, 2.05) is 13.8 Å². The molecule has 0 radical (unpaired) electrons. The average molecular weight is 587 g/mol. The van der Waals surface area contributed by atoms with Crippen molar-refractivity contribution >= 4 is 50.7 Å². The molecule has 1 aliphatic heterocycles. The Morgan fingerprint density at radius 1 is 1.00 bits per heavy atom. The number of carbonyl (C=O) groups excluding carboxylic acids is 2. The zero-order valence-electron chi connectivity index (χ0n) is 21.9. The molecular weight excluding hydrogens is 553 g/mol. The lowest BCUT2D eigenvalue weighted by atomic mass is 10.1. The molecule has 0 aromatic heterocycles. The van der Waals surface area contributed by atoms with E-state index in [1.54, 1.807) is 37.3 Å². The van der Waals surface area contributed by atoms with E-state index in [1.165, 1.54) is 17.9 Å². The second kappa shape index (κ2) is 12.9. The highest BCUT2D eigenvalue weighted by atomic mass is 35.5. The Hall–Kier alpha value is -2.69. The normalized spacial score (nSPS) is 14.4. The number of carbonyl (C=O) groups is 2. The number of amides is 2. The van der Waals surface area contributed by atoms with Gasteiger partial charge in [0.1, 0.15) is 25.8 Å². The van der Waals surface area contributed by atoms with Crippen molar-refractivity contribution in [2.24, 2.45) is 0 Å². The Morgan fingerprint density at radius 3 is 2.32 bits per heavy atom. The van der Waals surface area contributed by atoms with Crippen molar-refractivity contribution in [1.82, 2.24) is 10.2 Å². The average Bonchev–Trinajstić information content (AvgIpc) is 2.91. The van der Waals surface area contributed by atoms with Crippen LogP contribution in [-0.2, 0) is 26.2 Å². The summed E-state index contributed by atoms with van der Waals surface area (Å²) >= 11 is 12.2. The van der Waals surface area contributed by atoms with Crippen molar-refractivity contribution in [1.29, 1.82) is 0 Å². The van der Waals surface area contributed by atoms with E-state index in [0.717, 1.165) is 4.31 Å². The first-order valence-corrected chi connectivity index (χ1v) is 14.8. The molecule has 0 spiro atoms. The predicted octanol–water partition coefficient (Wildman–Crippen LogP) is 4.25. The van der Waals surface area contributed by atoms with Crippen molar-refractivity contribution in [3.05, 3.63) is 52.0 Å². The molecule has 2 aromatic rings. The summed E-state index contributed by atoms with van der Waals surface area (Å²) in [6.07, 6.45) is 0.714. The van der Waals surface area contributed by atoms with Crippen molar-refractivity contribution in [3.63, 3.8) is 0 Å². The topological polar surface area (TPSA) is 105 Å². The van der Waals surface area contributed by atoms with Gasteiger partial charge < -0.3 is 19.7 Å². The van der Waals surface area contributed by atoms with Gasteiger partial charge in [-0.25, -0.2) is 8.42 Å². The first-order chi connectivity index (χ1) is 18.0. The van der Waals surface area contributed by atoms with Crippen LogP contribution in [0.3, 0.4) is 0 Å². The van der Waals surface area contributed by atoms with Gasteiger partial charge in [-0.1, -0.05) is 36.2 Å². The maximum Gasteiger partial charge on any atom is 0.244 e. The maximum atomic E-state index is 13.8. The van der Waals surface area contributed by atoms with E-state index < -0.39 is 28.5 Å². The Balaban J connectivity index is 1.96. The first-order valence-electron chi connectivity index (χ1n) is 12.4. The second-order valence-corrected chi connectivity index (χ2v) is 12.0. The van der Waals surface area contributed by atoms with Gasteiger partial charge in [0.15, 0.2) is 11.5 Å². The van der Waals surface area contributed by atoms with Gasteiger partial charge in [0.25, 0.3) is 0 Å². The number of hydrogen-bond acceptors (Lipinski definition) is 6. The van der Waals surface area contributed by atoms with Crippen molar-refractivity contribution < 1.29 is 27.5 Å². The lowest BCUT2D eigenvalue weighted by Gasteiger charge is -2.32. The summed E-state index contributed by atoms with van der Waals surface area (Å²) < 4.78 is 38.4. The highest BCUT2D eigenvalue weighted by Gasteiger charge is 2.32. The lowest BCUT2D eigenvalue weighted by molar-refractivity contribution is -0.139.